The number of benzene rings is 1. The lowest BCUT2D eigenvalue weighted by Crippen LogP contribution is -2.15. The summed E-state index contributed by atoms with van der Waals surface area (Å²) >= 11 is 0. The van der Waals surface area contributed by atoms with Crippen molar-refractivity contribution in [3.63, 3.8) is 0 Å². The van der Waals surface area contributed by atoms with Crippen molar-refractivity contribution in [2.24, 2.45) is 0 Å². The maximum atomic E-state index is 12.2. The van der Waals surface area contributed by atoms with Crippen molar-refractivity contribution in [1.29, 1.82) is 0 Å². The number of hydrogen-bond donors (Lipinski definition) is 3. The number of nitrogens with one attached hydrogen (secondary N) is 1. The molecule has 7 heteroatoms. The molecule has 1 aromatic carbocycles. The number of hydrogen-bond acceptors (Lipinski definition) is 5. The lowest BCUT2D eigenvalue weighted by atomic mass is 9.81. The van der Waals surface area contributed by atoms with Gasteiger partial charge in [0.05, 0.1) is 16.3 Å². The van der Waals surface area contributed by atoms with Crippen LogP contribution < -0.4 is 5.32 Å². The molecule has 1 aromatic rings. The molecule has 3 N–H and O–H groups in total. The van der Waals surface area contributed by atoms with Crippen LogP contribution in [-0.2, 0) is 21.1 Å². The molecule has 3 rings (SSSR count). The van der Waals surface area contributed by atoms with Gasteiger partial charge in [-0.3, -0.25) is 4.79 Å². The minimum absolute atomic E-state index is 0.0361. The van der Waals surface area contributed by atoms with Crippen molar-refractivity contribution in [3.05, 3.63) is 27.7 Å². The van der Waals surface area contributed by atoms with E-state index in [4.69, 9.17) is 0 Å². The molecular formula is C15H17NO5S. The molecule has 1 unspecified atom stereocenters. The fourth-order valence-electron chi connectivity index (χ4n) is 3.49. The van der Waals surface area contributed by atoms with Gasteiger partial charge < -0.3 is 15.5 Å². The number of aromatic hydroxyl groups is 2. The molecule has 0 saturated carbocycles. The van der Waals surface area contributed by atoms with Crippen LogP contribution in [0.2, 0.25) is 0 Å². The Labute approximate surface area is 128 Å². The number of carbonyl (C=O) groups excluding carboxylic acids is 1. The number of phenolic OH excluding ortho intramolecular Hbond substituents is 2. The van der Waals surface area contributed by atoms with Gasteiger partial charge in [-0.25, -0.2) is 8.42 Å². The Balaban J connectivity index is 2.24. The Bertz CT molecular complexity index is 823. The van der Waals surface area contributed by atoms with Crippen molar-refractivity contribution < 1.29 is 23.4 Å². The quantitative estimate of drug-likeness (QED) is 0.540. The summed E-state index contributed by atoms with van der Waals surface area (Å²) in [5, 5.41) is 23.1. The van der Waals surface area contributed by atoms with E-state index in [0.29, 0.717) is 28.0 Å². The van der Waals surface area contributed by atoms with Crippen LogP contribution in [0.25, 0.3) is 0 Å². The molecular weight excluding hydrogens is 306 g/mol. The van der Waals surface area contributed by atoms with Gasteiger partial charge in [-0.15, -0.1) is 0 Å². The molecule has 1 aliphatic carbocycles. The minimum atomic E-state index is -3.31. The molecule has 1 atom stereocenters. The fraction of sp³-hybridized carbons (Fsp3) is 0.400. The van der Waals surface area contributed by atoms with Gasteiger partial charge >= 0.3 is 0 Å². The van der Waals surface area contributed by atoms with Crippen LogP contribution in [0.5, 0.6) is 11.5 Å². The molecule has 118 valence electrons. The van der Waals surface area contributed by atoms with Gasteiger partial charge in [-0.2, -0.15) is 0 Å². The molecule has 1 fully saturated rings. The Morgan fingerprint density at radius 1 is 1.36 bits per heavy atom. The summed E-state index contributed by atoms with van der Waals surface area (Å²) in [6.07, 6.45) is 0.651. The van der Waals surface area contributed by atoms with E-state index in [0.717, 1.165) is 0 Å². The van der Waals surface area contributed by atoms with Gasteiger partial charge in [0.15, 0.2) is 9.84 Å². The van der Waals surface area contributed by atoms with E-state index in [2.05, 4.69) is 5.32 Å². The first kappa shape index (κ1) is 14.9. The smallest absolute Gasteiger partial charge is 0.221 e. The molecule has 1 heterocycles. The number of carbonyl (C=O) groups is 1. The maximum absolute atomic E-state index is 12.2. The van der Waals surface area contributed by atoms with Gasteiger partial charge in [-0.1, -0.05) is 5.57 Å². The molecule has 0 aromatic heterocycles. The van der Waals surface area contributed by atoms with Crippen molar-refractivity contribution in [3.8, 4) is 11.5 Å². The van der Waals surface area contributed by atoms with Crippen molar-refractivity contribution in [2.45, 2.75) is 32.6 Å². The molecule has 1 saturated heterocycles. The van der Waals surface area contributed by atoms with E-state index in [1.54, 1.807) is 6.92 Å². The van der Waals surface area contributed by atoms with Crippen LogP contribution in [0, 0.1) is 0 Å². The molecule has 22 heavy (non-hydrogen) atoms. The monoisotopic (exact) mass is 323 g/mol. The first-order chi connectivity index (χ1) is 10.2. The zero-order valence-corrected chi connectivity index (χ0v) is 13.1. The predicted molar refractivity (Wildman–Crippen MR) is 81.6 cm³/mol. The number of fused-ring (bicyclic) bond motifs is 3. The second kappa shape index (κ2) is 4.74. The Morgan fingerprint density at radius 3 is 2.68 bits per heavy atom. The second-order valence-corrected chi connectivity index (χ2v) is 7.92. The number of amides is 1. The Hall–Kier alpha value is -2.02. The summed E-state index contributed by atoms with van der Waals surface area (Å²) < 4.78 is 24.4. The number of sulfone groups is 1. The van der Waals surface area contributed by atoms with Gasteiger partial charge in [0.1, 0.15) is 11.5 Å². The highest BCUT2D eigenvalue weighted by Gasteiger charge is 2.42. The topological polar surface area (TPSA) is 104 Å². The zero-order valence-electron chi connectivity index (χ0n) is 12.3. The first-order valence-electron chi connectivity index (χ1n) is 7.00. The van der Waals surface area contributed by atoms with Crippen LogP contribution in [0.15, 0.2) is 16.5 Å². The highest BCUT2D eigenvalue weighted by atomic mass is 32.2. The number of allylic oxidation sites excluding steroid dienone is 2. The zero-order chi connectivity index (χ0) is 16.2. The summed E-state index contributed by atoms with van der Waals surface area (Å²) in [7, 11) is -3.31. The van der Waals surface area contributed by atoms with E-state index in [1.807, 2.05) is 0 Å². The van der Waals surface area contributed by atoms with Gasteiger partial charge in [-0.05, 0) is 19.8 Å². The molecule has 6 nitrogen and oxygen atoms in total. The van der Waals surface area contributed by atoms with Gasteiger partial charge in [0.25, 0.3) is 0 Å². The van der Waals surface area contributed by atoms with Crippen LogP contribution in [0.3, 0.4) is 0 Å². The Kier molecular flexibility index (Phi) is 3.21. The van der Waals surface area contributed by atoms with Gasteiger partial charge in [0, 0.05) is 30.0 Å². The average molecular weight is 323 g/mol. The average Bonchev–Trinajstić information content (AvgIpc) is 2.72. The number of phenols is 2. The minimum Gasteiger partial charge on any atom is -0.508 e. The molecule has 1 aliphatic heterocycles. The second-order valence-electron chi connectivity index (χ2n) is 5.85. The highest BCUT2D eigenvalue weighted by Crippen LogP contribution is 2.52. The Morgan fingerprint density at radius 2 is 2.05 bits per heavy atom. The van der Waals surface area contributed by atoms with Crippen LogP contribution in [0.4, 0.5) is 5.69 Å². The molecule has 0 radical (unpaired) electrons. The van der Waals surface area contributed by atoms with Crippen LogP contribution in [-0.4, -0.2) is 30.3 Å². The normalized spacial score (nSPS) is 22.2. The number of anilines is 1. The van der Waals surface area contributed by atoms with E-state index >= 15 is 0 Å². The largest absolute Gasteiger partial charge is 0.508 e. The van der Waals surface area contributed by atoms with E-state index in [-0.39, 0.29) is 35.3 Å². The fourth-order valence-corrected chi connectivity index (χ4v) is 5.52. The van der Waals surface area contributed by atoms with Gasteiger partial charge in [0.2, 0.25) is 5.91 Å². The SMILES string of the molecule is CC(=O)Nc1cc(O)c2c(c1O)C1CCS(=O)(=O)C1=C(C)C2. The van der Waals surface area contributed by atoms with E-state index < -0.39 is 15.8 Å². The number of rotatable bonds is 1. The third kappa shape index (κ3) is 2.08. The molecule has 2 aliphatic rings. The van der Waals surface area contributed by atoms with Crippen LogP contribution in [0.1, 0.15) is 37.3 Å². The summed E-state index contributed by atoms with van der Waals surface area (Å²) in [5.74, 6) is -0.993. The van der Waals surface area contributed by atoms with E-state index in [9.17, 15) is 23.4 Å². The lowest BCUT2D eigenvalue weighted by molar-refractivity contribution is -0.114. The third-order valence-corrected chi connectivity index (χ3v) is 6.35. The maximum Gasteiger partial charge on any atom is 0.221 e. The van der Waals surface area contributed by atoms with Crippen LogP contribution >= 0.6 is 0 Å². The lowest BCUT2D eigenvalue weighted by Gasteiger charge is -2.27. The molecule has 0 bridgehead atoms. The predicted octanol–water partition coefficient (Wildman–Crippen LogP) is 1.79. The highest BCUT2D eigenvalue weighted by molar-refractivity contribution is 7.95. The van der Waals surface area contributed by atoms with Crippen molar-refractivity contribution in [1.82, 2.24) is 0 Å². The molecule has 1 amide bonds. The van der Waals surface area contributed by atoms with E-state index in [1.165, 1.54) is 13.0 Å². The summed E-state index contributed by atoms with van der Waals surface area (Å²) in [6, 6.07) is 1.30. The summed E-state index contributed by atoms with van der Waals surface area (Å²) in [6.45, 7) is 3.04. The van der Waals surface area contributed by atoms with Crippen molar-refractivity contribution in [2.75, 3.05) is 11.1 Å². The summed E-state index contributed by atoms with van der Waals surface area (Å²) in [4.78, 5) is 11.6. The standard InChI is InChI=1S/C15H17NO5S/c1-7-5-10-12(18)6-11(16-8(2)17)14(19)13(10)9-3-4-22(20,21)15(7)9/h6,9,18-19H,3-5H2,1-2H3,(H,16,17). The van der Waals surface area contributed by atoms with Crippen molar-refractivity contribution >= 4 is 21.4 Å². The third-order valence-electron chi connectivity index (χ3n) is 4.27. The summed E-state index contributed by atoms with van der Waals surface area (Å²) in [5.41, 5.74) is 1.77. The first-order valence-corrected chi connectivity index (χ1v) is 8.65. The molecule has 0 spiro atoms.